The van der Waals surface area contributed by atoms with Gasteiger partial charge in [0, 0.05) is 37.1 Å². The van der Waals surface area contributed by atoms with Crippen molar-refractivity contribution in [2.24, 2.45) is 5.84 Å². The van der Waals surface area contributed by atoms with Crippen LogP contribution in [-0.4, -0.2) is 21.6 Å². The van der Waals surface area contributed by atoms with Gasteiger partial charge >= 0.3 is 0 Å². The molecule has 2 rings (SSSR count). The molecule has 102 valence electrons. The summed E-state index contributed by atoms with van der Waals surface area (Å²) in [5.74, 6) is 7.39. The van der Waals surface area contributed by atoms with Gasteiger partial charge in [-0.3, -0.25) is 16.3 Å². The van der Waals surface area contributed by atoms with Crippen LogP contribution in [0.15, 0.2) is 30.9 Å². The lowest BCUT2D eigenvalue weighted by Crippen LogP contribution is -2.30. The van der Waals surface area contributed by atoms with E-state index < -0.39 is 0 Å². The van der Waals surface area contributed by atoms with Crippen LogP contribution >= 0.6 is 0 Å². The van der Waals surface area contributed by atoms with Crippen molar-refractivity contribution in [1.29, 1.82) is 0 Å². The summed E-state index contributed by atoms with van der Waals surface area (Å²) >= 11 is 0. The standard InChI is InChI=1S/C13H19N5O/c1-3-18-7-6-16-13(18)8-11(17-14)10-4-5-15-9-12(10)19-2/h4-7,9,11,17H,3,8,14H2,1-2H3. The fourth-order valence-corrected chi connectivity index (χ4v) is 2.11. The first-order chi connectivity index (χ1) is 9.30. The zero-order valence-electron chi connectivity index (χ0n) is 11.2. The van der Waals surface area contributed by atoms with Gasteiger partial charge in [0.1, 0.15) is 11.6 Å². The van der Waals surface area contributed by atoms with Gasteiger partial charge in [0.05, 0.1) is 19.3 Å². The zero-order valence-corrected chi connectivity index (χ0v) is 11.2. The Morgan fingerprint density at radius 2 is 2.32 bits per heavy atom. The van der Waals surface area contributed by atoms with Crippen LogP contribution in [0.2, 0.25) is 0 Å². The molecule has 0 aliphatic rings. The fourth-order valence-electron chi connectivity index (χ4n) is 2.11. The number of nitrogens with one attached hydrogen (secondary N) is 1. The van der Waals surface area contributed by atoms with E-state index in [-0.39, 0.29) is 6.04 Å². The van der Waals surface area contributed by atoms with Gasteiger partial charge in [-0.25, -0.2) is 4.98 Å². The molecule has 0 aliphatic carbocycles. The molecule has 6 heteroatoms. The van der Waals surface area contributed by atoms with Crippen LogP contribution in [0.3, 0.4) is 0 Å². The van der Waals surface area contributed by atoms with Gasteiger partial charge in [-0.15, -0.1) is 0 Å². The van der Waals surface area contributed by atoms with E-state index in [9.17, 15) is 0 Å². The molecule has 2 heterocycles. The number of aryl methyl sites for hydroxylation is 1. The van der Waals surface area contributed by atoms with E-state index in [2.05, 4.69) is 26.9 Å². The highest BCUT2D eigenvalue weighted by Crippen LogP contribution is 2.25. The molecule has 0 amide bonds. The quantitative estimate of drug-likeness (QED) is 0.600. The molecule has 0 saturated heterocycles. The van der Waals surface area contributed by atoms with Crippen LogP contribution in [0.4, 0.5) is 0 Å². The molecular formula is C13H19N5O. The van der Waals surface area contributed by atoms with E-state index in [1.54, 1.807) is 25.7 Å². The van der Waals surface area contributed by atoms with Crippen molar-refractivity contribution in [3.63, 3.8) is 0 Å². The number of nitrogens with two attached hydrogens (primary N) is 1. The number of hydrogen-bond acceptors (Lipinski definition) is 5. The molecule has 2 aromatic rings. The summed E-state index contributed by atoms with van der Waals surface area (Å²) < 4.78 is 7.41. The van der Waals surface area contributed by atoms with Crippen molar-refractivity contribution in [2.75, 3.05) is 7.11 Å². The molecule has 0 bridgehead atoms. The Morgan fingerprint density at radius 3 is 3.00 bits per heavy atom. The SMILES string of the molecule is CCn1ccnc1CC(NN)c1ccncc1OC. The van der Waals surface area contributed by atoms with Crippen molar-refractivity contribution >= 4 is 0 Å². The predicted molar refractivity (Wildman–Crippen MR) is 72.5 cm³/mol. The van der Waals surface area contributed by atoms with Crippen LogP contribution in [0.5, 0.6) is 5.75 Å². The van der Waals surface area contributed by atoms with Gasteiger partial charge in [-0.1, -0.05) is 0 Å². The first-order valence-corrected chi connectivity index (χ1v) is 6.24. The minimum absolute atomic E-state index is 0.0642. The Bertz CT molecular complexity index is 525. The van der Waals surface area contributed by atoms with Crippen molar-refractivity contribution in [1.82, 2.24) is 20.0 Å². The van der Waals surface area contributed by atoms with Crippen LogP contribution in [0.25, 0.3) is 0 Å². The largest absolute Gasteiger partial charge is 0.495 e. The Morgan fingerprint density at radius 1 is 1.47 bits per heavy atom. The molecule has 0 spiro atoms. The number of rotatable bonds is 6. The Balaban J connectivity index is 2.25. The molecule has 0 radical (unpaired) electrons. The second-order valence-corrected chi connectivity index (χ2v) is 4.17. The summed E-state index contributed by atoms with van der Waals surface area (Å²) in [6.07, 6.45) is 7.88. The van der Waals surface area contributed by atoms with Crippen LogP contribution in [0.1, 0.15) is 24.4 Å². The molecule has 3 N–H and O–H groups in total. The average molecular weight is 261 g/mol. The molecule has 0 fully saturated rings. The van der Waals surface area contributed by atoms with E-state index in [1.165, 1.54) is 0 Å². The van der Waals surface area contributed by atoms with E-state index >= 15 is 0 Å². The summed E-state index contributed by atoms with van der Waals surface area (Å²) in [4.78, 5) is 8.42. The minimum atomic E-state index is -0.0642. The first-order valence-electron chi connectivity index (χ1n) is 6.24. The Hall–Kier alpha value is -1.92. The lowest BCUT2D eigenvalue weighted by Gasteiger charge is -2.18. The van der Waals surface area contributed by atoms with Crippen molar-refractivity contribution < 1.29 is 4.74 Å². The molecule has 2 aromatic heterocycles. The summed E-state index contributed by atoms with van der Waals surface area (Å²) in [5.41, 5.74) is 3.80. The maximum atomic E-state index is 5.67. The van der Waals surface area contributed by atoms with Crippen LogP contribution in [0, 0.1) is 0 Å². The number of ether oxygens (including phenoxy) is 1. The lowest BCUT2D eigenvalue weighted by molar-refractivity contribution is 0.395. The Kier molecular flexibility index (Phi) is 4.48. The third kappa shape index (κ3) is 2.91. The highest BCUT2D eigenvalue weighted by Gasteiger charge is 2.17. The van der Waals surface area contributed by atoms with Crippen molar-refractivity contribution in [3.05, 3.63) is 42.2 Å². The van der Waals surface area contributed by atoms with Gasteiger partial charge in [0.15, 0.2) is 0 Å². The van der Waals surface area contributed by atoms with E-state index in [4.69, 9.17) is 10.6 Å². The summed E-state index contributed by atoms with van der Waals surface area (Å²) in [6, 6.07) is 1.84. The maximum Gasteiger partial charge on any atom is 0.141 e. The number of imidazole rings is 1. The number of hydrazine groups is 1. The topological polar surface area (TPSA) is 78.0 Å². The molecule has 1 unspecified atom stereocenters. The summed E-state index contributed by atoms with van der Waals surface area (Å²) in [5, 5.41) is 0. The average Bonchev–Trinajstić information content (AvgIpc) is 2.92. The Labute approximate surface area is 112 Å². The fraction of sp³-hybridized carbons (Fsp3) is 0.385. The smallest absolute Gasteiger partial charge is 0.141 e. The highest BCUT2D eigenvalue weighted by molar-refractivity contribution is 5.33. The number of nitrogens with zero attached hydrogens (tertiary/aromatic N) is 3. The van der Waals surface area contributed by atoms with Gasteiger partial charge in [0.25, 0.3) is 0 Å². The lowest BCUT2D eigenvalue weighted by atomic mass is 10.0. The number of pyridine rings is 1. The first kappa shape index (κ1) is 13.5. The monoisotopic (exact) mass is 261 g/mol. The summed E-state index contributed by atoms with van der Waals surface area (Å²) in [6.45, 7) is 2.98. The maximum absolute atomic E-state index is 5.67. The molecular weight excluding hydrogens is 242 g/mol. The number of methoxy groups -OCH3 is 1. The zero-order chi connectivity index (χ0) is 13.7. The molecule has 0 aromatic carbocycles. The van der Waals surface area contributed by atoms with E-state index in [1.807, 2.05) is 12.3 Å². The molecule has 6 nitrogen and oxygen atoms in total. The van der Waals surface area contributed by atoms with Crippen LogP contribution in [-0.2, 0) is 13.0 Å². The number of hydrogen-bond donors (Lipinski definition) is 2. The van der Waals surface area contributed by atoms with E-state index in [0.717, 1.165) is 23.7 Å². The normalized spacial score (nSPS) is 12.4. The predicted octanol–water partition coefficient (Wildman–Crippen LogP) is 1.05. The highest BCUT2D eigenvalue weighted by atomic mass is 16.5. The molecule has 19 heavy (non-hydrogen) atoms. The molecule has 0 aliphatic heterocycles. The van der Waals surface area contributed by atoms with Crippen LogP contribution < -0.4 is 16.0 Å². The summed E-state index contributed by atoms with van der Waals surface area (Å²) in [7, 11) is 1.63. The molecule has 1 atom stereocenters. The number of aromatic nitrogens is 3. The third-order valence-corrected chi connectivity index (χ3v) is 3.14. The van der Waals surface area contributed by atoms with E-state index in [0.29, 0.717) is 6.42 Å². The molecule has 0 saturated carbocycles. The van der Waals surface area contributed by atoms with Crippen molar-refractivity contribution in [3.8, 4) is 5.75 Å². The third-order valence-electron chi connectivity index (χ3n) is 3.14. The van der Waals surface area contributed by atoms with Gasteiger partial charge in [-0.2, -0.15) is 0 Å². The minimum Gasteiger partial charge on any atom is -0.495 e. The van der Waals surface area contributed by atoms with Gasteiger partial charge in [0.2, 0.25) is 0 Å². The van der Waals surface area contributed by atoms with Crippen molar-refractivity contribution in [2.45, 2.75) is 25.9 Å². The second kappa shape index (κ2) is 6.31. The van der Waals surface area contributed by atoms with Gasteiger partial charge in [-0.05, 0) is 13.0 Å². The second-order valence-electron chi connectivity index (χ2n) is 4.17. The van der Waals surface area contributed by atoms with Gasteiger partial charge < -0.3 is 9.30 Å².